The van der Waals surface area contributed by atoms with Crippen LogP contribution < -0.4 is 15.8 Å². The van der Waals surface area contributed by atoms with Gasteiger partial charge in [0.2, 0.25) is 5.91 Å². The summed E-state index contributed by atoms with van der Waals surface area (Å²) in [6.07, 6.45) is 1.34. The van der Waals surface area contributed by atoms with Gasteiger partial charge in [0.25, 0.3) is 0 Å². The van der Waals surface area contributed by atoms with Gasteiger partial charge in [-0.15, -0.1) is 0 Å². The molecule has 3 amide bonds. The van der Waals surface area contributed by atoms with Gasteiger partial charge in [0.1, 0.15) is 5.75 Å². The Bertz CT molecular complexity index is 580. The monoisotopic (exact) mass is 339 g/mol. The fourth-order valence-corrected chi connectivity index (χ4v) is 2.74. The Labute approximate surface area is 140 Å². The number of amides is 3. The molecule has 0 bridgehead atoms. The molecular formula is C16H22ClN3O3. The molecule has 1 fully saturated rings. The van der Waals surface area contributed by atoms with E-state index in [0.717, 1.165) is 11.3 Å². The summed E-state index contributed by atoms with van der Waals surface area (Å²) in [7, 11) is 0. The normalized spacial score (nSPS) is 17.1. The van der Waals surface area contributed by atoms with E-state index in [0.29, 0.717) is 44.1 Å². The lowest BCUT2D eigenvalue weighted by molar-refractivity contribution is -0.121. The maximum Gasteiger partial charge on any atom is 0.317 e. The van der Waals surface area contributed by atoms with Gasteiger partial charge in [-0.25, -0.2) is 4.79 Å². The average Bonchev–Trinajstić information content (AvgIpc) is 2.99. The second kappa shape index (κ2) is 8.06. The molecule has 1 aromatic rings. The molecule has 1 atom stereocenters. The molecule has 3 N–H and O–H groups in total. The third kappa shape index (κ3) is 5.03. The Kier molecular flexibility index (Phi) is 6.10. The highest BCUT2D eigenvalue weighted by atomic mass is 35.5. The minimum absolute atomic E-state index is 0.156. The van der Waals surface area contributed by atoms with Gasteiger partial charge in [0.05, 0.1) is 12.5 Å². The van der Waals surface area contributed by atoms with Gasteiger partial charge >= 0.3 is 6.03 Å². The standard InChI is InChI=1S/C16H22ClN3O3/c1-11-9-13(17)3-4-14(11)23-8-2-6-19-16(22)20-7-5-12(10-20)15(18)21/h3-4,9,12H,2,5-8,10H2,1H3,(H2,18,21)(H,19,22)/t12-/m0/s1. The van der Waals surface area contributed by atoms with Crippen molar-refractivity contribution >= 4 is 23.5 Å². The Morgan fingerprint density at radius 3 is 2.91 bits per heavy atom. The van der Waals surface area contributed by atoms with Crippen LogP contribution in [-0.4, -0.2) is 43.1 Å². The van der Waals surface area contributed by atoms with E-state index < -0.39 is 0 Å². The van der Waals surface area contributed by atoms with Crippen molar-refractivity contribution in [3.05, 3.63) is 28.8 Å². The van der Waals surface area contributed by atoms with Crippen molar-refractivity contribution in [3.8, 4) is 5.75 Å². The zero-order valence-corrected chi connectivity index (χ0v) is 13.9. The molecule has 0 aromatic heterocycles. The van der Waals surface area contributed by atoms with Crippen molar-refractivity contribution in [2.75, 3.05) is 26.2 Å². The number of carbonyl (C=O) groups excluding carboxylic acids is 2. The Balaban J connectivity index is 1.64. The van der Waals surface area contributed by atoms with E-state index in [9.17, 15) is 9.59 Å². The number of aryl methyl sites for hydroxylation is 1. The second-order valence-electron chi connectivity index (χ2n) is 5.68. The number of hydrogen-bond acceptors (Lipinski definition) is 3. The quantitative estimate of drug-likeness (QED) is 0.777. The van der Waals surface area contributed by atoms with Crippen LogP contribution in [0.15, 0.2) is 18.2 Å². The lowest BCUT2D eigenvalue weighted by Crippen LogP contribution is -2.40. The number of nitrogens with two attached hydrogens (primary N) is 1. The van der Waals surface area contributed by atoms with Crippen LogP contribution in [0.2, 0.25) is 5.02 Å². The smallest absolute Gasteiger partial charge is 0.317 e. The van der Waals surface area contributed by atoms with Crippen molar-refractivity contribution in [1.29, 1.82) is 0 Å². The van der Waals surface area contributed by atoms with E-state index >= 15 is 0 Å². The molecule has 0 spiro atoms. The molecule has 2 rings (SSSR count). The zero-order valence-electron chi connectivity index (χ0n) is 13.2. The van der Waals surface area contributed by atoms with Gasteiger partial charge in [0.15, 0.2) is 0 Å². The number of nitrogens with one attached hydrogen (secondary N) is 1. The summed E-state index contributed by atoms with van der Waals surface area (Å²) in [6.45, 7) is 3.93. The predicted octanol–water partition coefficient (Wildman–Crippen LogP) is 1.93. The van der Waals surface area contributed by atoms with Gasteiger partial charge in [-0.05, 0) is 43.5 Å². The number of likely N-dealkylation sites (tertiary alicyclic amines) is 1. The molecule has 0 radical (unpaired) electrons. The van der Waals surface area contributed by atoms with Gasteiger partial charge in [-0.1, -0.05) is 11.6 Å². The minimum atomic E-state index is -0.341. The lowest BCUT2D eigenvalue weighted by Gasteiger charge is -2.17. The summed E-state index contributed by atoms with van der Waals surface area (Å²) in [4.78, 5) is 24.7. The first-order chi connectivity index (χ1) is 11.0. The van der Waals surface area contributed by atoms with Crippen molar-refractivity contribution in [1.82, 2.24) is 10.2 Å². The number of hydrogen-bond donors (Lipinski definition) is 2. The highest BCUT2D eigenvalue weighted by Crippen LogP contribution is 2.21. The van der Waals surface area contributed by atoms with Gasteiger partial charge in [-0.3, -0.25) is 4.79 Å². The Morgan fingerprint density at radius 1 is 1.48 bits per heavy atom. The van der Waals surface area contributed by atoms with E-state index in [2.05, 4.69) is 5.32 Å². The van der Waals surface area contributed by atoms with Crippen LogP contribution in [0, 0.1) is 12.8 Å². The highest BCUT2D eigenvalue weighted by molar-refractivity contribution is 6.30. The predicted molar refractivity (Wildman–Crippen MR) is 88.6 cm³/mol. The SMILES string of the molecule is Cc1cc(Cl)ccc1OCCCNC(=O)N1CC[C@H](C(N)=O)C1. The molecule has 23 heavy (non-hydrogen) atoms. The first-order valence-electron chi connectivity index (χ1n) is 7.68. The number of rotatable bonds is 6. The van der Waals surface area contributed by atoms with Crippen LogP contribution in [0.3, 0.4) is 0 Å². The van der Waals surface area contributed by atoms with E-state index in [1.807, 2.05) is 19.1 Å². The van der Waals surface area contributed by atoms with E-state index in [4.69, 9.17) is 22.1 Å². The molecular weight excluding hydrogens is 318 g/mol. The molecule has 0 unspecified atom stereocenters. The van der Waals surface area contributed by atoms with Gasteiger partial charge in [0, 0.05) is 24.7 Å². The first-order valence-corrected chi connectivity index (χ1v) is 8.06. The molecule has 126 valence electrons. The summed E-state index contributed by atoms with van der Waals surface area (Å²) < 4.78 is 5.66. The molecule has 6 nitrogen and oxygen atoms in total. The third-order valence-corrected chi connectivity index (χ3v) is 4.10. The van der Waals surface area contributed by atoms with Crippen LogP contribution in [0.5, 0.6) is 5.75 Å². The fourth-order valence-electron chi connectivity index (χ4n) is 2.51. The summed E-state index contributed by atoms with van der Waals surface area (Å²) in [5.41, 5.74) is 6.24. The van der Waals surface area contributed by atoms with Crippen molar-refractivity contribution in [3.63, 3.8) is 0 Å². The molecule has 0 aliphatic carbocycles. The largest absolute Gasteiger partial charge is 0.493 e. The Morgan fingerprint density at radius 2 is 2.26 bits per heavy atom. The number of primary amides is 1. The van der Waals surface area contributed by atoms with Crippen molar-refractivity contribution in [2.45, 2.75) is 19.8 Å². The molecule has 0 saturated carbocycles. The fraction of sp³-hybridized carbons (Fsp3) is 0.500. The number of carbonyl (C=O) groups is 2. The molecule has 1 saturated heterocycles. The first kappa shape index (κ1) is 17.4. The van der Waals surface area contributed by atoms with Crippen LogP contribution in [0.25, 0.3) is 0 Å². The van der Waals surface area contributed by atoms with Crippen molar-refractivity contribution in [2.24, 2.45) is 11.7 Å². The third-order valence-electron chi connectivity index (χ3n) is 3.87. The summed E-state index contributed by atoms with van der Waals surface area (Å²) in [5, 5.41) is 3.51. The lowest BCUT2D eigenvalue weighted by atomic mass is 10.1. The van der Waals surface area contributed by atoms with Crippen LogP contribution in [-0.2, 0) is 4.79 Å². The van der Waals surface area contributed by atoms with E-state index in [1.54, 1.807) is 11.0 Å². The van der Waals surface area contributed by atoms with Crippen LogP contribution in [0.1, 0.15) is 18.4 Å². The number of ether oxygens (including phenoxy) is 1. The summed E-state index contributed by atoms with van der Waals surface area (Å²) in [5.74, 6) is 0.230. The topological polar surface area (TPSA) is 84.7 Å². The van der Waals surface area contributed by atoms with E-state index in [1.165, 1.54) is 0 Å². The average molecular weight is 340 g/mol. The number of urea groups is 1. The van der Waals surface area contributed by atoms with Crippen molar-refractivity contribution < 1.29 is 14.3 Å². The minimum Gasteiger partial charge on any atom is -0.493 e. The number of nitrogens with zero attached hydrogens (tertiary/aromatic N) is 1. The molecule has 1 aromatic carbocycles. The number of benzene rings is 1. The zero-order chi connectivity index (χ0) is 16.8. The molecule has 1 aliphatic rings. The van der Waals surface area contributed by atoms with Crippen LogP contribution in [0.4, 0.5) is 4.79 Å². The Hall–Kier alpha value is -1.95. The number of halogens is 1. The molecule has 1 heterocycles. The maximum absolute atomic E-state index is 11.9. The highest BCUT2D eigenvalue weighted by Gasteiger charge is 2.29. The van der Waals surface area contributed by atoms with E-state index in [-0.39, 0.29) is 17.9 Å². The maximum atomic E-state index is 11.9. The van der Waals surface area contributed by atoms with Gasteiger partial charge in [-0.2, -0.15) is 0 Å². The molecule has 1 aliphatic heterocycles. The van der Waals surface area contributed by atoms with Crippen LogP contribution >= 0.6 is 11.6 Å². The molecule has 7 heteroatoms. The van der Waals surface area contributed by atoms with Gasteiger partial charge < -0.3 is 20.7 Å². The summed E-state index contributed by atoms with van der Waals surface area (Å²) in [6, 6.07) is 5.32. The summed E-state index contributed by atoms with van der Waals surface area (Å²) >= 11 is 5.89. The second-order valence-corrected chi connectivity index (χ2v) is 6.11.